The van der Waals surface area contributed by atoms with Crippen LogP contribution in [0, 0.1) is 0 Å². The molecule has 0 aliphatic rings. The second-order valence-corrected chi connectivity index (χ2v) is 7.54. The Hall–Kier alpha value is -2.47. The molecule has 2 aromatic heterocycles. The Kier molecular flexibility index (Phi) is 5.75. The minimum atomic E-state index is -0.0631. The summed E-state index contributed by atoms with van der Waals surface area (Å²) in [4.78, 5) is 31.5. The molecule has 0 amide bonds. The lowest BCUT2D eigenvalue weighted by Gasteiger charge is -2.11. The maximum atomic E-state index is 13.4. The highest BCUT2D eigenvalue weighted by Crippen LogP contribution is 2.37. The van der Waals surface area contributed by atoms with Crippen molar-refractivity contribution in [3.8, 4) is 16.9 Å². The molecule has 6 heteroatoms. The fourth-order valence-corrected chi connectivity index (χ4v) is 4.42. The summed E-state index contributed by atoms with van der Waals surface area (Å²) in [5.41, 5.74) is 1.83. The van der Waals surface area contributed by atoms with Crippen molar-refractivity contribution >= 4 is 27.3 Å². The first kappa shape index (κ1) is 19.3. The van der Waals surface area contributed by atoms with E-state index in [1.165, 1.54) is 0 Å². The number of rotatable bonds is 7. The summed E-state index contributed by atoms with van der Waals surface area (Å²) >= 11 is 1.58. The lowest BCUT2D eigenvalue weighted by atomic mass is 10.0. The number of Topliss-reactive ketones (excluding diaryl/α,β-unsaturated/α-hetero) is 1. The van der Waals surface area contributed by atoms with Crippen molar-refractivity contribution in [1.82, 2.24) is 9.55 Å². The first-order valence-corrected chi connectivity index (χ1v) is 10.0. The van der Waals surface area contributed by atoms with Gasteiger partial charge in [0.25, 0.3) is 5.56 Å². The molecule has 0 atom stereocenters. The van der Waals surface area contributed by atoms with Crippen LogP contribution in [0.15, 0.2) is 29.1 Å². The molecule has 0 N–H and O–H groups in total. The van der Waals surface area contributed by atoms with E-state index in [1.807, 2.05) is 31.2 Å². The predicted molar refractivity (Wildman–Crippen MR) is 110 cm³/mol. The number of nitrogens with zero attached hydrogens (tertiary/aromatic N) is 2. The molecule has 1 aromatic carbocycles. The lowest BCUT2D eigenvalue weighted by molar-refractivity contribution is -0.117. The third-order valence-electron chi connectivity index (χ3n) is 4.65. The van der Waals surface area contributed by atoms with E-state index in [-0.39, 0.29) is 11.3 Å². The van der Waals surface area contributed by atoms with Crippen LogP contribution in [0.2, 0.25) is 0 Å². The number of ether oxygens (including phenoxy) is 1. The van der Waals surface area contributed by atoms with Crippen LogP contribution in [-0.2, 0) is 24.2 Å². The van der Waals surface area contributed by atoms with Gasteiger partial charge in [-0.15, -0.1) is 11.3 Å². The summed E-state index contributed by atoms with van der Waals surface area (Å²) in [5, 5.41) is 0.644. The highest BCUT2D eigenvalue weighted by atomic mass is 32.1. The molecule has 0 fully saturated rings. The number of benzene rings is 1. The number of thiophene rings is 1. The highest BCUT2D eigenvalue weighted by molar-refractivity contribution is 7.19. The van der Waals surface area contributed by atoms with Gasteiger partial charge in [-0.05, 0) is 31.0 Å². The van der Waals surface area contributed by atoms with E-state index >= 15 is 0 Å². The molecular weight excluding hydrogens is 360 g/mol. The number of aryl methyl sites for hydroxylation is 2. The minimum absolute atomic E-state index is 0.0631. The molecule has 0 saturated carbocycles. The number of aromatic nitrogens is 2. The molecule has 3 aromatic rings. The molecule has 3 rings (SSSR count). The van der Waals surface area contributed by atoms with Crippen molar-refractivity contribution in [2.24, 2.45) is 0 Å². The third kappa shape index (κ3) is 3.67. The second-order valence-electron chi connectivity index (χ2n) is 6.46. The average molecular weight is 385 g/mol. The number of carbonyl (C=O) groups is 1. The van der Waals surface area contributed by atoms with Crippen molar-refractivity contribution in [1.29, 1.82) is 0 Å². The van der Waals surface area contributed by atoms with Crippen molar-refractivity contribution < 1.29 is 9.53 Å². The van der Waals surface area contributed by atoms with Gasteiger partial charge < -0.3 is 4.74 Å². The fraction of sp³-hybridized carbons (Fsp3) is 0.381. The van der Waals surface area contributed by atoms with Gasteiger partial charge >= 0.3 is 0 Å². The summed E-state index contributed by atoms with van der Waals surface area (Å²) in [6.45, 7) is 5.98. The number of hydrogen-bond donors (Lipinski definition) is 0. The number of hydrogen-bond acceptors (Lipinski definition) is 5. The van der Waals surface area contributed by atoms with Gasteiger partial charge in [-0.25, -0.2) is 4.98 Å². The van der Waals surface area contributed by atoms with Crippen LogP contribution < -0.4 is 10.3 Å². The molecule has 2 heterocycles. The van der Waals surface area contributed by atoms with Crippen molar-refractivity contribution in [2.45, 2.75) is 46.6 Å². The molecule has 0 saturated heterocycles. The normalized spacial score (nSPS) is 11.1. The number of methoxy groups -OCH3 is 1. The SMILES string of the molecule is CCc1sc2nc(CC)n(CCC(C)=O)c(=O)c2c1-c1cccc(OC)c1. The molecule has 0 unspecified atom stereocenters. The van der Waals surface area contributed by atoms with Gasteiger partial charge in [0.1, 0.15) is 22.2 Å². The zero-order valence-corrected chi connectivity index (χ0v) is 17.0. The Morgan fingerprint density at radius 2 is 2.04 bits per heavy atom. The van der Waals surface area contributed by atoms with E-state index in [9.17, 15) is 9.59 Å². The predicted octanol–water partition coefficient (Wildman–Crippen LogP) is 4.24. The molecule has 0 bridgehead atoms. The standard InChI is InChI=1S/C21H24N2O3S/c1-5-16-18(14-8-7-9-15(12-14)26-4)19-20(27-16)22-17(6-2)23(21(19)25)11-10-13(3)24/h7-9,12H,5-6,10-11H2,1-4H3. The number of ketones is 1. The van der Waals surface area contributed by atoms with E-state index in [0.29, 0.717) is 24.8 Å². The van der Waals surface area contributed by atoms with Crippen LogP contribution in [-0.4, -0.2) is 22.4 Å². The van der Waals surface area contributed by atoms with Gasteiger partial charge in [0, 0.05) is 29.8 Å². The van der Waals surface area contributed by atoms with Crippen LogP contribution in [0.4, 0.5) is 0 Å². The molecule has 27 heavy (non-hydrogen) atoms. The van der Waals surface area contributed by atoms with Gasteiger partial charge in [0.15, 0.2) is 0 Å². The van der Waals surface area contributed by atoms with Crippen LogP contribution >= 0.6 is 11.3 Å². The fourth-order valence-electron chi connectivity index (χ4n) is 3.27. The van der Waals surface area contributed by atoms with Crippen LogP contribution in [0.1, 0.15) is 37.9 Å². The molecule has 0 aliphatic heterocycles. The number of carbonyl (C=O) groups excluding carboxylic acids is 1. The zero-order valence-electron chi connectivity index (χ0n) is 16.2. The van der Waals surface area contributed by atoms with Crippen molar-refractivity contribution in [3.63, 3.8) is 0 Å². The van der Waals surface area contributed by atoms with E-state index in [1.54, 1.807) is 29.9 Å². The molecule has 142 valence electrons. The Bertz CT molecular complexity index is 1050. The van der Waals surface area contributed by atoms with Gasteiger partial charge in [-0.3, -0.25) is 14.2 Å². The van der Waals surface area contributed by atoms with Crippen LogP contribution in [0.5, 0.6) is 5.75 Å². The second kappa shape index (κ2) is 8.05. The smallest absolute Gasteiger partial charge is 0.262 e. The lowest BCUT2D eigenvalue weighted by Crippen LogP contribution is -2.26. The van der Waals surface area contributed by atoms with E-state index in [0.717, 1.165) is 38.8 Å². The summed E-state index contributed by atoms with van der Waals surface area (Å²) in [6, 6.07) is 7.77. The first-order chi connectivity index (χ1) is 13.0. The molecular formula is C21H24N2O3S. The quantitative estimate of drug-likeness (QED) is 0.611. The van der Waals surface area contributed by atoms with Gasteiger partial charge in [-0.1, -0.05) is 26.0 Å². The first-order valence-electron chi connectivity index (χ1n) is 9.19. The average Bonchev–Trinajstić information content (AvgIpc) is 3.05. The zero-order chi connectivity index (χ0) is 19.6. The molecule has 5 nitrogen and oxygen atoms in total. The van der Waals surface area contributed by atoms with Crippen molar-refractivity contribution in [3.05, 3.63) is 45.3 Å². The maximum Gasteiger partial charge on any atom is 0.262 e. The highest BCUT2D eigenvalue weighted by Gasteiger charge is 2.20. The van der Waals surface area contributed by atoms with Crippen molar-refractivity contribution in [2.75, 3.05) is 7.11 Å². The Balaban J connectivity index is 2.31. The molecule has 0 spiro atoms. The van der Waals surface area contributed by atoms with Gasteiger partial charge in [-0.2, -0.15) is 0 Å². The summed E-state index contributed by atoms with van der Waals surface area (Å²) in [6.07, 6.45) is 1.80. The van der Waals surface area contributed by atoms with E-state index in [2.05, 4.69) is 6.92 Å². The Morgan fingerprint density at radius 3 is 2.67 bits per heavy atom. The van der Waals surface area contributed by atoms with Crippen LogP contribution in [0.3, 0.4) is 0 Å². The maximum absolute atomic E-state index is 13.4. The summed E-state index contributed by atoms with van der Waals surface area (Å²) in [5.74, 6) is 1.55. The Morgan fingerprint density at radius 1 is 1.26 bits per heavy atom. The van der Waals surface area contributed by atoms with Gasteiger partial charge in [0.2, 0.25) is 0 Å². The van der Waals surface area contributed by atoms with Gasteiger partial charge in [0.05, 0.1) is 12.5 Å². The minimum Gasteiger partial charge on any atom is -0.497 e. The summed E-state index contributed by atoms with van der Waals surface area (Å²) in [7, 11) is 1.63. The topological polar surface area (TPSA) is 61.2 Å². The third-order valence-corrected chi connectivity index (χ3v) is 5.87. The molecule has 0 radical (unpaired) electrons. The number of fused-ring (bicyclic) bond motifs is 1. The Labute approximate surface area is 162 Å². The molecule has 0 aliphatic carbocycles. The summed E-state index contributed by atoms with van der Waals surface area (Å²) < 4.78 is 7.03. The largest absolute Gasteiger partial charge is 0.497 e. The van der Waals surface area contributed by atoms with Crippen LogP contribution in [0.25, 0.3) is 21.3 Å². The van der Waals surface area contributed by atoms with E-state index in [4.69, 9.17) is 9.72 Å². The monoisotopic (exact) mass is 384 g/mol. The van der Waals surface area contributed by atoms with E-state index < -0.39 is 0 Å².